The van der Waals surface area contributed by atoms with E-state index in [4.69, 9.17) is 16.3 Å². The topological polar surface area (TPSA) is 51.2 Å². The maximum atomic E-state index is 11.9. The molecule has 0 aliphatic heterocycles. The van der Waals surface area contributed by atoms with E-state index in [2.05, 4.69) is 23.3 Å². The predicted octanol–water partition coefficient (Wildman–Crippen LogP) is 4.98. The van der Waals surface area contributed by atoms with Crippen LogP contribution in [-0.2, 0) is 11.2 Å². The van der Waals surface area contributed by atoms with Gasteiger partial charge in [-0.1, -0.05) is 36.7 Å². The maximum absolute atomic E-state index is 11.9. The van der Waals surface area contributed by atoms with Crippen LogP contribution >= 0.6 is 11.6 Å². The second kappa shape index (κ2) is 6.89. The number of para-hydroxylation sites is 1. The monoisotopic (exact) mass is 340 g/mol. The quantitative estimate of drug-likeness (QED) is 0.680. The molecule has 0 aliphatic carbocycles. The van der Waals surface area contributed by atoms with Crippen LogP contribution in [0.4, 0.5) is 11.4 Å². The van der Waals surface area contributed by atoms with E-state index in [-0.39, 0.29) is 5.69 Å². The van der Waals surface area contributed by atoms with Gasteiger partial charge in [-0.05, 0) is 42.3 Å². The van der Waals surface area contributed by atoms with Crippen molar-refractivity contribution >= 4 is 39.8 Å². The summed E-state index contributed by atoms with van der Waals surface area (Å²) >= 11 is 6.24. The molecule has 0 radical (unpaired) electrons. The number of aryl methyl sites for hydroxylation is 1. The molecule has 2 aromatic carbocycles. The van der Waals surface area contributed by atoms with E-state index in [1.54, 1.807) is 6.07 Å². The van der Waals surface area contributed by atoms with Crippen LogP contribution in [0.2, 0.25) is 5.02 Å². The summed E-state index contributed by atoms with van der Waals surface area (Å²) in [5, 5.41) is 4.84. The van der Waals surface area contributed by atoms with Gasteiger partial charge in [0.15, 0.2) is 5.69 Å². The molecule has 0 aliphatic rings. The molecule has 0 saturated heterocycles. The van der Waals surface area contributed by atoms with Crippen molar-refractivity contribution in [2.45, 2.75) is 13.3 Å². The fourth-order valence-electron chi connectivity index (χ4n) is 2.51. The third-order valence-electron chi connectivity index (χ3n) is 3.82. The van der Waals surface area contributed by atoms with E-state index in [1.807, 2.05) is 36.4 Å². The number of halogens is 1. The Morgan fingerprint density at radius 3 is 2.67 bits per heavy atom. The molecule has 3 aromatic rings. The molecule has 0 atom stereocenters. The number of carbonyl (C=O) groups is 1. The highest BCUT2D eigenvalue weighted by Gasteiger charge is 2.13. The molecule has 3 rings (SSSR count). The third-order valence-corrected chi connectivity index (χ3v) is 4.15. The first-order valence-corrected chi connectivity index (χ1v) is 8.03. The van der Waals surface area contributed by atoms with Gasteiger partial charge in [0, 0.05) is 5.39 Å². The van der Waals surface area contributed by atoms with Crippen molar-refractivity contribution in [3.05, 3.63) is 64.8 Å². The minimum absolute atomic E-state index is 0.254. The lowest BCUT2D eigenvalue weighted by molar-refractivity contribution is 0.0594. The summed E-state index contributed by atoms with van der Waals surface area (Å²) in [4.78, 5) is 16.3. The fourth-order valence-corrected chi connectivity index (χ4v) is 2.70. The molecule has 0 amide bonds. The molecular formula is C19H17ClN2O2. The number of hydrogen-bond acceptors (Lipinski definition) is 4. The van der Waals surface area contributed by atoms with Crippen molar-refractivity contribution < 1.29 is 9.53 Å². The number of benzene rings is 2. The first kappa shape index (κ1) is 16.3. The van der Waals surface area contributed by atoms with Crippen molar-refractivity contribution in [1.29, 1.82) is 0 Å². The number of nitrogens with zero attached hydrogens (tertiary/aromatic N) is 1. The Bertz CT molecular complexity index is 909. The highest BCUT2D eigenvalue weighted by molar-refractivity contribution is 6.33. The van der Waals surface area contributed by atoms with Crippen molar-refractivity contribution in [2.24, 2.45) is 0 Å². The van der Waals surface area contributed by atoms with Gasteiger partial charge in [0.25, 0.3) is 0 Å². The van der Waals surface area contributed by atoms with Crippen molar-refractivity contribution in [3.8, 4) is 0 Å². The van der Waals surface area contributed by atoms with Gasteiger partial charge >= 0.3 is 5.97 Å². The first-order chi connectivity index (χ1) is 11.6. The summed E-state index contributed by atoms with van der Waals surface area (Å²) in [7, 11) is 1.34. The molecule has 0 fully saturated rings. The van der Waals surface area contributed by atoms with Crippen molar-refractivity contribution in [2.75, 3.05) is 12.4 Å². The van der Waals surface area contributed by atoms with Gasteiger partial charge in [-0.2, -0.15) is 0 Å². The van der Waals surface area contributed by atoms with Gasteiger partial charge in [-0.15, -0.1) is 0 Å². The average Bonchev–Trinajstić information content (AvgIpc) is 2.62. The summed E-state index contributed by atoms with van der Waals surface area (Å²) in [6, 6.07) is 15.2. The van der Waals surface area contributed by atoms with E-state index in [0.29, 0.717) is 5.02 Å². The van der Waals surface area contributed by atoms with Gasteiger partial charge in [0.05, 0.1) is 29.0 Å². The number of hydrogen-bond donors (Lipinski definition) is 1. The predicted molar refractivity (Wildman–Crippen MR) is 97.2 cm³/mol. The van der Waals surface area contributed by atoms with Crippen LogP contribution in [0, 0.1) is 0 Å². The Hall–Kier alpha value is -2.59. The minimum atomic E-state index is -0.473. The lowest BCUT2D eigenvalue weighted by atomic mass is 10.1. The number of aromatic nitrogens is 1. The van der Waals surface area contributed by atoms with E-state index >= 15 is 0 Å². The second-order valence-electron chi connectivity index (χ2n) is 5.36. The van der Waals surface area contributed by atoms with E-state index in [1.165, 1.54) is 12.7 Å². The zero-order chi connectivity index (χ0) is 17.1. The van der Waals surface area contributed by atoms with Crippen molar-refractivity contribution in [3.63, 3.8) is 0 Å². The highest BCUT2D eigenvalue weighted by atomic mass is 35.5. The summed E-state index contributed by atoms with van der Waals surface area (Å²) in [6.07, 6.45) is 0.917. The number of esters is 1. The number of ether oxygens (including phenoxy) is 1. The van der Waals surface area contributed by atoms with Gasteiger partial charge in [-0.25, -0.2) is 9.78 Å². The summed E-state index contributed by atoms with van der Waals surface area (Å²) < 4.78 is 4.80. The number of fused-ring (bicyclic) bond motifs is 1. The Labute approximate surface area is 145 Å². The number of rotatable bonds is 4. The molecule has 1 heterocycles. The lowest BCUT2D eigenvalue weighted by Crippen LogP contribution is -2.06. The Morgan fingerprint density at radius 2 is 1.96 bits per heavy atom. The molecule has 0 unspecified atom stereocenters. The zero-order valence-electron chi connectivity index (χ0n) is 13.5. The second-order valence-corrected chi connectivity index (χ2v) is 5.76. The standard InChI is InChI=1S/C19H17ClN2O2/c1-3-12-8-9-15-13(10-12)17(11-18(21-15)19(23)24-2)22-16-7-5-4-6-14(16)20/h4-11H,3H2,1-2H3,(H,21,22). The molecule has 0 spiro atoms. The van der Waals surface area contributed by atoms with Crippen molar-refractivity contribution in [1.82, 2.24) is 4.98 Å². The van der Waals surface area contributed by atoms with Crippen LogP contribution in [0.25, 0.3) is 10.9 Å². The molecule has 24 heavy (non-hydrogen) atoms. The largest absolute Gasteiger partial charge is 0.464 e. The molecule has 122 valence electrons. The van der Waals surface area contributed by atoms with Gasteiger partial charge in [-0.3, -0.25) is 0 Å². The first-order valence-electron chi connectivity index (χ1n) is 7.66. The smallest absolute Gasteiger partial charge is 0.356 e. The summed E-state index contributed by atoms with van der Waals surface area (Å²) in [6.45, 7) is 2.10. The van der Waals surface area contributed by atoms with Gasteiger partial charge < -0.3 is 10.1 Å². The van der Waals surface area contributed by atoms with E-state index in [0.717, 1.165) is 28.7 Å². The molecule has 5 heteroatoms. The lowest BCUT2D eigenvalue weighted by Gasteiger charge is -2.13. The number of anilines is 2. The normalized spacial score (nSPS) is 10.6. The van der Waals surface area contributed by atoms with Crippen LogP contribution in [0.5, 0.6) is 0 Å². The van der Waals surface area contributed by atoms with E-state index in [9.17, 15) is 4.79 Å². The number of carbonyl (C=O) groups excluding carboxylic acids is 1. The van der Waals surface area contributed by atoms with Crippen LogP contribution in [0.1, 0.15) is 23.0 Å². The molecular weight excluding hydrogens is 324 g/mol. The summed E-state index contributed by atoms with van der Waals surface area (Å²) in [5.74, 6) is -0.473. The highest BCUT2D eigenvalue weighted by Crippen LogP contribution is 2.31. The summed E-state index contributed by atoms with van der Waals surface area (Å²) in [5.41, 5.74) is 3.71. The molecule has 1 N–H and O–H groups in total. The van der Waals surface area contributed by atoms with Crippen LogP contribution in [-0.4, -0.2) is 18.1 Å². The van der Waals surface area contributed by atoms with Crippen LogP contribution in [0.3, 0.4) is 0 Å². The average molecular weight is 341 g/mol. The Morgan fingerprint density at radius 1 is 1.17 bits per heavy atom. The molecule has 0 saturated carbocycles. The van der Waals surface area contributed by atoms with Gasteiger partial charge in [0.1, 0.15) is 0 Å². The van der Waals surface area contributed by atoms with Gasteiger partial charge in [0.2, 0.25) is 0 Å². The zero-order valence-corrected chi connectivity index (χ0v) is 14.2. The van der Waals surface area contributed by atoms with Crippen LogP contribution < -0.4 is 5.32 Å². The van der Waals surface area contributed by atoms with Crippen LogP contribution in [0.15, 0.2) is 48.5 Å². The SMILES string of the molecule is CCc1ccc2nc(C(=O)OC)cc(Nc3ccccc3Cl)c2c1. The Balaban J connectivity index is 2.18. The minimum Gasteiger partial charge on any atom is -0.464 e. The fraction of sp³-hybridized carbons (Fsp3) is 0.158. The van der Waals surface area contributed by atoms with E-state index < -0.39 is 5.97 Å². The molecule has 4 nitrogen and oxygen atoms in total. The Kier molecular flexibility index (Phi) is 4.67. The number of pyridine rings is 1. The third kappa shape index (κ3) is 3.19. The molecule has 0 bridgehead atoms. The maximum Gasteiger partial charge on any atom is 0.356 e. The molecule has 1 aromatic heterocycles. The number of nitrogens with one attached hydrogen (secondary N) is 1. The number of methoxy groups -OCH3 is 1.